The van der Waals surface area contributed by atoms with E-state index in [-0.39, 0.29) is 17.1 Å². The molecule has 0 heterocycles. The van der Waals surface area contributed by atoms with Crippen LogP contribution in [0.2, 0.25) is 5.02 Å². The van der Waals surface area contributed by atoms with Crippen molar-refractivity contribution in [1.29, 1.82) is 0 Å². The van der Waals surface area contributed by atoms with Crippen LogP contribution in [-0.2, 0) is 14.8 Å². The van der Waals surface area contributed by atoms with Crippen LogP contribution in [0.25, 0.3) is 0 Å². The molecule has 0 radical (unpaired) electrons. The minimum atomic E-state index is -3.57. The van der Waals surface area contributed by atoms with E-state index < -0.39 is 10.0 Å². The quantitative estimate of drug-likeness (QED) is 0.643. The molecule has 0 aliphatic heterocycles. The van der Waals surface area contributed by atoms with Crippen molar-refractivity contribution in [2.75, 3.05) is 32.5 Å². The molecule has 1 rings (SSSR count). The van der Waals surface area contributed by atoms with Crippen molar-refractivity contribution in [2.45, 2.75) is 18.7 Å². The van der Waals surface area contributed by atoms with Gasteiger partial charge in [0.1, 0.15) is 0 Å². The standard InChI is InChI=1S/C12H19ClN2O3S/c1-4-18-6-5-15(3)19(16,17)10-7-9(2)12(13)11(14)8-10/h7-8H,4-6,14H2,1-3H3. The molecule has 0 spiro atoms. The number of nitrogens with two attached hydrogens (primary N) is 1. The van der Waals surface area contributed by atoms with Crippen LogP contribution < -0.4 is 5.73 Å². The van der Waals surface area contributed by atoms with Gasteiger partial charge in [-0.15, -0.1) is 0 Å². The van der Waals surface area contributed by atoms with E-state index in [2.05, 4.69) is 0 Å². The highest BCUT2D eigenvalue weighted by Gasteiger charge is 2.22. The average molecular weight is 307 g/mol. The van der Waals surface area contributed by atoms with Gasteiger partial charge in [-0.2, -0.15) is 4.31 Å². The smallest absolute Gasteiger partial charge is 0.242 e. The Morgan fingerprint density at radius 3 is 2.58 bits per heavy atom. The lowest BCUT2D eigenvalue weighted by Crippen LogP contribution is -2.30. The SMILES string of the molecule is CCOCCN(C)S(=O)(=O)c1cc(C)c(Cl)c(N)c1. The second-order valence-electron chi connectivity index (χ2n) is 4.17. The number of sulfonamides is 1. The molecule has 1 aromatic carbocycles. The van der Waals surface area contributed by atoms with Gasteiger partial charge in [0.2, 0.25) is 10.0 Å². The van der Waals surface area contributed by atoms with E-state index in [1.807, 2.05) is 6.92 Å². The fraction of sp³-hybridized carbons (Fsp3) is 0.500. The molecule has 2 N–H and O–H groups in total. The van der Waals surface area contributed by atoms with E-state index in [9.17, 15) is 8.42 Å². The molecular weight excluding hydrogens is 288 g/mol. The molecule has 0 aromatic heterocycles. The Kier molecular flexibility index (Phi) is 5.61. The Morgan fingerprint density at radius 2 is 2.05 bits per heavy atom. The van der Waals surface area contributed by atoms with Gasteiger partial charge in [0.15, 0.2) is 0 Å². The summed E-state index contributed by atoms with van der Waals surface area (Å²) in [7, 11) is -2.06. The number of hydrogen-bond acceptors (Lipinski definition) is 4. The number of anilines is 1. The Morgan fingerprint density at radius 1 is 1.42 bits per heavy atom. The van der Waals surface area contributed by atoms with Crippen LogP contribution in [0.15, 0.2) is 17.0 Å². The lowest BCUT2D eigenvalue weighted by Gasteiger charge is -2.18. The van der Waals surface area contributed by atoms with Gasteiger partial charge in [0.25, 0.3) is 0 Å². The zero-order chi connectivity index (χ0) is 14.6. The number of likely N-dealkylation sites (N-methyl/N-ethyl adjacent to an activating group) is 1. The molecule has 0 atom stereocenters. The predicted molar refractivity (Wildman–Crippen MR) is 76.9 cm³/mol. The summed E-state index contributed by atoms with van der Waals surface area (Å²) in [6.07, 6.45) is 0. The Labute approximate surface area is 119 Å². The van der Waals surface area contributed by atoms with Crippen LogP contribution in [0.5, 0.6) is 0 Å². The maximum atomic E-state index is 12.3. The van der Waals surface area contributed by atoms with E-state index in [0.717, 1.165) is 0 Å². The van der Waals surface area contributed by atoms with Crippen LogP contribution in [-0.4, -0.2) is 39.5 Å². The van der Waals surface area contributed by atoms with Gasteiger partial charge >= 0.3 is 0 Å². The van der Waals surface area contributed by atoms with E-state index in [4.69, 9.17) is 22.1 Å². The second kappa shape index (κ2) is 6.56. The molecule has 108 valence electrons. The molecule has 1 aromatic rings. The van der Waals surface area contributed by atoms with Crippen molar-refractivity contribution >= 4 is 27.3 Å². The van der Waals surface area contributed by atoms with E-state index in [1.165, 1.54) is 23.5 Å². The molecule has 19 heavy (non-hydrogen) atoms. The van der Waals surface area contributed by atoms with Crippen LogP contribution in [0.4, 0.5) is 5.69 Å². The number of halogens is 1. The fourth-order valence-electron chi connectivity index (χ4n) is 1.55. The van der Waals surface area contributed by atoms with Gasteiger partial charge in [0.05, 0.1) is 22.2 Å². The van der Waals surface area contributed by atoms with Gasteiger partial charge in [0, 0.05) is 20.2 Å². The maximum absolute atomic E-state index is 12.3. The summed E-state index contributed by atoms with van der Waals surface area (Å²) in [5, 5.41) is 0.385. The number of ether oxygens (including phenoxy) is 1. The molecule has 0 aliphatic carbocycles. The van der Waals surface area contributed by atoms with Crippen LogP contribution in [0, 0.1) is 6.92 Å². The molecule has 0 bridgehead atoms. The molecule has 0 saturated carbocycles. The van der Waals surface area contributed by atoms with Gasteiger partial charge in [-0.05, 0) is 31.5 Å². The third-order valence-electron chi connectivity index (χ3n) is 2.72. The minimum absolute atomic E-state index is 0.144. The monoisotopic (exact) mass is 306 g/mol. The molecule has 0 amide bonds. The molecule has 0 aliphatic rings. The van der Waals surface area contributed by atoms with Gasteiger partial charge in [-0.25, -0.2) is 8.42 Å². The summed E-state index contributed by atoms with van der Waals surface area (Å²) in [6.45, 7) is 4.78. The first-order valence-electron chi connectivity index (χ1n) is 5.90. The molecule has 7 heteroatoms. The zero-order valence-corrected chi connectivity index (χ0v) is 12.9. The number of aryl methyl sites for hydroxylation is 1. The largest absolute Gasteiger partial charge is 0.397 e. The van der Waals surface area contributed by atoms with Crippen LogP contribution >= 0.6 is 11.6 Å². The molecule has 0 unspecified atom stereocenters. The van der Waals surface area contributed by atoms with Crippen molar-refractivity contribution < 1.29 is 13.2 Å². The predicted octanol–water partition coefficient (Wildman–Crippen LogP) is 1.89. The van der Waals surface area contributed by atoms with Gasteiger partial charge < -0.3 is 10.5 Å². The Hall–Kier alpha value is -0.820. The second-order valence-corrected chi connectivity index (χ2v) is 6.59. The first kappa shape index (κ1) is 16.2. The van der Waals surface area contributed by atoms with E-state index >= 15 is 0 Å². The highest BCUT2D eigenvalue weighted by molar-refractivity contribution is 7.89. The summed E-state index contributed by atoms with van der Waals surface area (Å²) >= 11 is 5.93. The highest BCUT2D eigenvalue weighted by atomic mass is 35.5. The summed E-state index contributed by atoms with van der Waals surface area (Å²) in [6, 6.07) is 2.90. The highest BCUT2D eigenvalue weighted by Crippen LogP contribution is 2.27. The van der Waals surface area contributed by atoms with Crippen molar-refractivity contribution in [3.63, 3.8) is 0 Å². The van der Waals surface area contributed by atoms with Crippen molar-refractivity contribution in [3.05, 3.63) is 22.7 Å². The van der Waals surface area contributed by atoms with Gasteiger partial charge in [-0.1, -0.05) is 11.6 Å². The summed E-state index contributed by atoms with van der Waals surface area (Å²) in [5.74, 6) is 0. The first-order chi connectivity index (χ1) is 8.80. The fourth-order valence-corrected chi connectivity index (χ4v) is 2.93. The van der Waals surface area contributed by atoms with E-state index in [1.54, 1.807) is 6.92 Å². The van der Waals surface area contributed by atoms with Crippen LogP contribution in [0.1, 0.15) is 12.5 Å². The van der Waals surface area contributed by atoms with Crippen LogP contribution in [0.3, 0.4) is 0 Å². The Bertz CT molecular complexity index is 523. The van der Waals surface area contributed by atoms with E-state index in [0.29, 0.717) is 23.8 Å². The number of benzene rings is 1. The third-order valence-corrected chi connectivity index (χ3v) is 5.07. The molecule has 0 fully saturated rings. The molecule has 5 nitrogen and oxygen atoms in total. The summed E-state index contributed by atoms with van der Waals surface area (Å²) < 4.78 is 31.0. The lowest BCUT2D eigenvalue weighted by molar-refractivity contribution is 0.138. The number of nitrogens with zero attached hydrogens (tertiary/aromatic N) is 1. The van der Waals surface area contributed by atoms with Crippen molar-refractivity contribution in [2.24, 2.45) is 0 Å². The summed E-state index contributed by atoms with van der Waals surface area (Å²) in [5.41, 5.74) is 6.60. The maximum Gasteiger partial charge on any atom is 0.242 e. The zero-order valence-electron chi connectivity index (χ0n) is 11.3. The third kappa shape index (κ3) is 3.82. The molecular formula is C12H19ClN2O3S. The van der Waals surface area contributed by atoms with Crippen molar-refractivity contribution in [1.82, 2.24) is 4.31 Å². The average Bonchev–Trinajstić information content (AvgIpc) is 2.35. The first-order valence-corrected chi connectivity index (χ1v) is 7.72. The minimum Gasteiger partial charge on any atom is -0.397 e. The topological polar surface area (TPSA) is 72.6 Å². The number of hydrogen-bond donors (Lipinski definition) is 1. The van der Waals surface area contributed by atoms with Gasteiger partial charge in [-0.3, -0.25) is 0 Å². The number of nitrogen functional groups attached to an aromatic ring is 1. The Balaban J connectivity index is 3.00. The lowest BCUT2D eigenvalue weighted by atomic mass is 10.2. The van der Waals surface area contributed by atoms with Crippen molar-refractivity contribution in [3.8, 4) is 0 Å². The molecule has 0 saturated heterocycles. The number of rotatable bonds is 6. The normalized spacial score (nSPS) is 12.1. The summed E-state index contributed by atoms with van der Waals surface area (Å²) in [4.78, 5) is 0.144.